The lowest BCUT2D eigenvalue weighted by atomic mass is 10.5. The first-order chi connectivity index (χ1) is 10.6. The molecule has 0 bridgehead atoms. The van der Waals surface area contributed by atoms with Crippen molar-refractivity contribution in [1.82, 2.24) is 0 Å². The Hall–Kier alpha value is -0.0231. The molecule has 0 aromatic carbocycles. The van der Waals surface area contributed by atoms with Crippen LogP contribution in [0.1, 0.15) is 53.9 Å². The molecular formula is C15H34O6Si. The summed E-state index contributed by atoms with van der Waals surface area (Å²) in [7, 11) is -1.81. The van der Waals surface area contributed by atoms with Crippen molar-refractivity contribution in [2.24, 2.45) is 0 Å². The summed E-state index contributed by atoms with van der Waals surface area (Å²) >= 11 is 0. The lowest BCUT2D eigenvalue weighted by Crippen LogP contribution is -2.69. The Kier molecular flexibility index (Phi) is 12.4. The van der Waals surface area contributed by atoms with Crippen molar-refractivity contribution in [1.29, 1.82) is 0 Å². The van der Waals surface area contributed by atoms with Gasteiger partial charge in [-0.1, -0.05) is 20.8 Å². The summed E-state index contributed by atoms with van der Waals surface area (Å²) in [6.07, 6.45) is 2.54. The van der Waals surface area contributed by atoms with Crippen molar-refractivity contribution in [2.45, 2.75) is 59.5 Å². The summed E-state index contributed by atoms with van der Waals surface area (Å²) in [4.78, 5) is 0. The van der Waals surface area contributed by atoms with E-state index in [9.17, 15) is 0 Å². The molecule has 0 atom stereocenters. The Morgan fingerprint density at radius 3 is 1.27 bits per heavy atom. The topological polar surface area (TPSA) is 55.4 Å². The van der Waals surface area contributed by atoms with Crippen LogP contribution in [0.4, 0.5) is 0 Å². The van der Waals surface area contributed by atoms with Crippen LogP contribution in [0.2, 0.25) is 0 Å². The third-order valence-electron chi connectivity index (χ3n) is 2.80. The molecule has 6 nitrogen and oxygen atoms in total. The first-order valence-corrected chi connectivity index (χ1v) is 10.1. The zero-order valence-electron chi connectivity index (χ0n) is 15.1. The maximum Gasteiger partial charge on any atom is 0.596 e. The van der Waals surface area contributed by atoms with Gasteiger partial charge in [0.25, 0.3) is 0 Å². The van der Waals surface area contributed by atoms with E-state index in [1.165, 1.54) is 7.11 Å². The van der Waals surface area contributed by atoms with Gasteiger partial charge in [0.05, 0.1) is 0 Å². The van der Waals surface area contributed by atoms with E-state index in [0.717, 1.165) is 19.3 Å². The lowest BCUT2D eigenvalue weighted by molar-refractivity contribution is -0.346. The van der Waals surface area contributed by atoms with Gasteiger partial charge < -0.3 is 27.5 Å². The van der Waals surface area contributed by atoms with Crippen LogP contribution in [-0.2, 0) is 27.5 Å². The van der Waals surface area contributed by atoms with Crippen LogP contribution in [0.25, 0.3) is 0 Å². The molecule has 0 aliphatic rings. The summed E-state index contributed by atoms with van der Waals surface area (Å²) in [6, 6.07) is 0. The number of hydrogen-bond donors (Lipinski definition) is 0. The number of methoxy groups -OCH3 is 1. The third kappa shape index (κ3) is 5.88. The van der Waals surface area contributed by atoms with Crippen molar-refractivity contribution >= 4 is 8.80 Å². The van der Waals surface area contributed by atoms with Crippen LogP contribution in [0, 0.1) is 0 Å². The summed E-state index contributed by atoms with van der Waals surface area (Å²) < 4.78 is 35.4. The summed E-state index contributed by atoms with van der Waals surface area (Å²) in [5.74, 6) is 0. The molecule has 0 aromatic rings. The average molecular weight is 339 g/mol. The molecule has 0 saturated carbocycles. The van der Waals surface area contributed by atoms with Crippen molar-refractivity contribution in [3.63, 3.8) is 0 Å². The molecule has 0 N–H and O–H groups in total. The van der Waals surface area contributed by atoms with Crippen molar-refractivity contribution in [3.8, 4) is 0 Å². The van der Waals surface area contributed by atoms with Gasteiger partial charge in [-0.05, 0) is 33.1 Å². The Labute approximate surface area is 136 Å². The molecular weight excluding hydrogens is 304 g/mol. The van der Waals surface area contributed by atoms with Crippen LogP contribution in [0.15, 0.2) is 0 Å². The molecule has 7 heteroatoms. The largest absolute Gasteiger partial charge is 0.596 e. The lowest BCUT2D eigenvalue weighted by Gasteiger charge is -2.42. The summed E-state index contributed by atoms with van der Waals surface area (Å²) in [6.45, 7) is 12.2. The van der Waals surface area contributed by atoms with Crippen LogP contribution in [0.3, 0.4) is 0 Å². The zero-order valence-corrected chi connectivity index (χ0v) is 16.1. The molecule has 0 heterocycles. The highest BCUT2D eigenvalue weighted by Gasteiger charge is 2.66. The van der Waals surface area contributed by atoms with E-state index >= 15 is 0 Å². The van der Waals surface area contributed by atoms with Crippen molar-refractivity contribution < 1.29 is 27.5 Å². The smallest absolute Gasteiger partial charge is 0.369 e. The molecule has 0 aromatic heterocycles. The molecule has 0 fully saturated rings. The van der Waals surface area contributed by atoms with Gasteiger partial charge in [0.1, 0.15) is 0 Å². The van der Waals surface area contributed by atoms with E-state index in [0.29, 0.717) is 33.0 Å². The molecule has 22 heavy (non-hydrogen) atoms. The fourth-order valence-electron chi connectivity index (χ4n) is 1.94. The van der Waals surface area contributed by atoms with Crippen LogP contribution in [-0.4, -0.2) is 54.5 Å². The standard InChI is InChI=1S/C15H34O6Si/c1-7-12-19-22(20-13-8-2,21-14-9-3)15(16-6,17-10-4)18-11-5/h7-14H2,1-6H3. The zero-order chi connectivity index (χ0) is 16.9. The monoisotopic (exact) mass is 338 g/mol. The molecule has 0 rings (SSSR count). The van der Waals surface area contributed by atoms with Crippen molar-refractivity contribution in [2.75, 3.05) is 40.1 Å². The van der Waals surface area contributed by atoms with E-state index in [-0.39, 0.29) is 0 Å². The molecule has 0 amide bonds. The van der Waals surface area contributed by atoms with Crippen LogP contribution >= 0.6 is 0 Å². The van der Waals surface area contributed by atoms with Crippen LogP contribution < -0.4 is 0 Å². The molecule has 0 aliphatic carbocycles. The quantitative estimate of drug-likeness (QED) is 0.338. The Morgan fingerprint density at radius 1 is 0.682 bits per heavy atom. The van der Waals surface area contributed by atoms with Gasteiger partial charge in [0.15, 0.2) is 0 Å². The van der Waals surface area contributed by atoms with E-state index in [1.54, 1.807) is 0 Å². The minimum Gasteiger partial charge on any atom is -0.369 e. The second-order valence-electron chi connectivity index (χ2n) is 4.73. The Morgan fingerprint density at radius 2 is 1.05 bits per heavy atom. The summed E-state index contributed by atoms with van der Waals surface area (Å²) in [5.41, 5.74) is -1.42. The second-order valence-corrected chi connectivity index (χ2v) is 7.32. The molecule has 134 valence electrons. The van der Waals surface area contributed by atoms with Gasteiger partial charge in [-0.25, -0.2) is 0 Å². The maximum atomic E-state index is 6.06. The summed E-state index contributed by atoms with van der Waals surface area (Å²) in [5, 5.41) is 0. The number of ether oxygens (including phenoxy) is 3. The van der Waals surface area contributed by atoms with E-state index in [1.807, 2.05) is 34.6 Å². The van der Waals surface area contributed by atoms with Gasteiger partial charge >= 0.3 is 14.4 Å². The van der Waals surface area contributed by atoms with Gasteiger partial charge in [0.2, 0.25) is 0 Å². The molecule has 0 aliphatic heterocycles. The van der Waals surface area contributed by atoms with Crippen molar-refractivity contribution in [3.05, 3.63) is 0 Å². The Bertz CT molecular complexity index is 237. The minimum absolute atomic E-state index is 0.406. The van der Waals surface area contributed by atoms with E-state index in [2.05, 4.69) is 0 Å². The average Bonchev–Trinajstić information content (AvgIpc) is 2.54. The highest BCUT2D eigenvalue weighted by molar-refractivity contribution is 6.63. The fraction of sp³-hybridized carbons (Fsp3) is 1.00. The van der Waals surface area contributed by atoms with E-state index < -0.39 is 14.4 Å². The number of hydrogen-bond acceptors (Lipinski definition) is 6. The SMILES string of the molecule is CCCO[Si](OCCC)(OCCC)C(OC)(OCC)OCC. The van der Waals surface area contributed by atoms with E-state index in [4.69, 9.17) is 27.5 Å². The second kappa shape index (κ2) is 12.4. The third-order valence-corrected chi connectivity index (χ3v) is 5.80. The molecule has 0 unspecified atom stereocenters. The predicted octanol–water partition coefficient (Wildman–Crippen LogP) is 3.12. The molecule has 0 saturated heterocycles. The minimum atomic E-state index is -3.35. The first-order valence-electron chi connectivity index (χ1n) is 8.36. The van der Waals surface area contributed by atoms with Gasteiger partial charge in [-0.2, -0.15) is 0 Å². The van der Waals surface area contributed by atoms with Gasteiger partial charge in [-0.15, -0.1) is 0 Å². The first kappa shape index (κ1) is 22.0. The van der Waals surface area contributed by atoms with Gasteiger partial charge in [0, 0.05) is 40.1 Å². The predicted molar refractivity (Wildman–Crippen MR) is 87.5 cm³/mol. The normalized spacial score (nSPS) is 12.8. The van der Waals surface area contributed by atoms with Gasteiger partial charge in [-0.3, -0.25) is 0 Å². The van der Waals surface area contributed by atoms with Crippen LogP contribution in [0.5, 0.6) is 0 Å². The number of rotatable bonds is 15. The molecule has 0 radical (unpaired) electrons. The maximum absolute atomic E-state index is 6.06. The fourth-order valence-corrected chi connectivity index (χ4v) is 5.03. The highest BCUT2D eigenvalue weighted by Crippen LogP contribution is 2.31. The molecule has 0 spiro atoms. The Balaban J connectivity index is 5.62. The highest BCUT2D eigenvalue weighted by atomic mass is 28.4.